The molecule has 0 aliphatic carbocycles. The maximum Gasteiger partial charge on any atom is 0.305 e. The Morgan fingerprint density at radius 3 is 1.18 bits per heavy atom. The molecule has 66 heavy (non-hydrogen) atoms. The number of ether oxygens (including phenoxy) is 1. The van der Waals surface area contributed by atoms with Crippen LogP contribution < -0.4 is 5.32 Å². The first-order valence-corrected chi connectivity index (χ1v) is 29.3. The Labute approximate surface area is 411 Å². The summed E-state index contributed by atoms with van der Waals surface area (Å²) in [6, 6.07) is -0.673. The molecule has 0 heterocycles. The van der Waals surface area contributed by atoms with Gasteiger partial charge in [-0.2, -0.15) is 0 Å². The number of unbranched alkanes of at least 4 members (excludes halogenated alkanes) is 39. The van der Waals surface area contributed by atoms with E-state index in [-0.39, 0.29) is 18.5 Å². The fraction of sp³-hybridized carbons (Fsp3) is 0.867. The summed E-state index contributed by atoms with van der Waals surface area (Å²) in [5, 5.41) is 23.1. The number of amides is 1. The molecule has 0 aromatic rings. The lowest BCUT2D eigenvalue weighted by Crippen LogP contribution is -2.45. The van der Waals surface area contributed by atoms with Crippen LogP contribution in [0.1, 0.15) is 309 Å². The van der Waals surface area contributed by atoms with Crippen LogP contribution in [0.4, 0.5) is 0 Å². The minimum absolute atomic E-state index is 0.0185. The van der Waals surface area contributed by atoms with E-state index in [4.69, 9.17) is 4.74 Å². The highest BCUT2D eigenvalue weighted by Crippen LogP contribution is 2.17. The molecule has 6 heteroatoms. The molecule has 0 saturated carbocycles. The Morgan fingerprint density at radius 1 is 0.424 bits per heavy atom. The van der Waals surface area contributed by atoms with E-state index in [0.29, 0.717) is 25.9 Å². The first-order chi connectivity index (χ1) is 32.5. The smallest absolute Gasteiger partial charge is 0.305 e. The molecule has 0 bridgehead atoms. The average molecular weight is 929 g/mol. The van der Waals surface area contributed by atoms with Crippen molar-refractivity contribution < 1.29 is 24.5 Å². The number of carbonyl (C=O) groups is 2. The number of nitrogens with one attached hydrogen (secondary N) is 1. The van der Waals surface area contributed by atoms with Crippen LogP contribution >= 0.6 is 0 Å². The Balaban J connectivity index is 3.57. The molecular formula is C60H113NO5. The molecule has 1 amide bonds. The SMILES string of the molecule is CCCCCCCCCCCCCCCCCCCCCCCCC/C=C/C(O)C(CO)NC(=O)CC/C=C\C/C=C\CCCCCCCCOC(=O)CCCCCCCCCCCCC. The van der Waals surface area contributed by atoms with Gasteiger partial charge in [-0.25, -0.2) is 0 Å². The lowest BCUT2D eigenvalue weighted by atomic mass is 10.0. The number of esters is 1. The monoisotopic (exact) mass is 928 g/mol. The van der Waals surface area contributed by atoms with E-state index in [1.807, 2.05) is 12.2 Å². The number of aliphatic hydroxyl groups excluding tert-OH is 2. The van der Waals surface area contributed by atoms with E-state index in [2.05, 4.69) is 37.4 Å². The van der Waals surface area contributed by atoms with Crippen molar-refractivity contribution in [2.24, 2.45) is 0 Å². The van der Waals surface area contributed by atoms with Crippen LogP contribution in [0.25, 0.3) is 0 Å². The van der Waals surface area contributed by atoms with Crippen molar-refractivity contribution in [3.8, 4) is 0 Å². The van der Waals surface area contributed by atoms with Gasteiger partial charge in [-0.1, -0.05) is 281 Å². The molecule has 0 aliphatic rings. The van der Waals surface area contributed by atoms with Crippen molar-refractivity contribution in [2.45, 2.75) is 321 Å². The molecule has 2 unspecified atom stereocenters. The molecule has 0 aromatic carbocycles. The van der Waals surface area contributed by atoms with Crippen molar-refractivity contribution in [3.05, 3.63) is 36.5 Å². The van der Waals surface area contributed by atoms with Crippen LogP contribution in [0.15, 0.2) is 36.5 Å². The molecule has 2 atom stereocenters. The first kappa shape index (κ1) is 64.1. The summed E-state index contributed by atoms with van der Waals surface area (Å²) >= 11 is 0. The number of rotatable bonds is 54. The van der Waals surface area contributed by atoms with Gasteiger partial charge in [0.1, 0.15) is 0 Å². The predicted octanol–water partition coefficient (Wildman–Crippen LogP) is 18.0. The molecule has 0 saturated heterocycles. The Bertz CT molecular complexity index is 1070. The molecule has 0 spiro atoms. The van der Waals surface area contributed by atoms with E-state index in [0.717, 1.165) is 51.4 Å². The van der Waals surface area contributed by atoms with E-state index < -0.39 is 12.1 Å². The highest BCUT2D eigenvalue weighted by atomic mass is 16.5. The van der Waals surface area contributed by atoms with Gasteiger partial charge in [0, 0.05) is 12.8 Å². The third-order valence-electron chi connectivity index (χ3n) is 13.4. The zero-order valence-electron chi connectivity index (χ0n) is 44.2. The highest BCUT2D eigenvalue weighted by Gasteiger charge is 2.17. The van der Waals surface area contributed by atoms with E-state index in [1.54, 1.807) is 6.08 Å². The minimum atomic E-state index is -0.880. The van der Waals surface area contributed by atoms with Crippen LogP contribution in [0.2, 0.25) is 0 Å². The van der Waals surface area contributed by atoms with E-state index in [1.165, 1.54) is 225 Å². The van der Waals surface area contributed by atoms with Gasteiger partial charge in [0.25, 0.3) is 0 Å². The lowest BCUT2D eigenvalue weighted by molar-refractivity contribution is -0.143. The Kier molecular flexibility index (Phi) is 54.1. The zero-order chi connectivity index (χ0) is 47.9. The standard InChI is InChI=1S/C60H113NO5/c1-3-5-7-9-11-13-15-16-17-18-19-20-21-22-23-24-25-26-27-29-33-36-40-44-48-52-58(63)57(56-62)61-59(64)53-49-45-41-37-34-30-28-31-35-39-43-47-51-55-66-60(65)54-50-46-42-38-32-14-12-10-8-6-4-2/h30,34,41,45,48,52,57-58,62-63H,3-29,31-33,35-40,42-44,46-47,49-51,53-56H2,1-2H3,(H,61,64)/b34-30-,45-41-,52-48+. The van der Waals surface area contributed by atoms with Gasteiger partial charge in [-0.15, -0.1) is 0 Å². The van der Waals surface area contributed by atoms with Crippen LogP contribution in [-0.2, 0) is 14.3 Å². The Morgan fingerprint density at radius 2 is 0.773 bits per heavy atom. The average Bonchev–Trinajstić information content (AvgIpc) is 3.32. The van der Waals surface area contributed by atoms with Gasteiger partial charge in [-0.3, -0.25) is 9.59 Å². The highest BCUT2D eigenvalue weighted by molar-refractivity contribution is 5.76. The van der Waals surface area contributed by atoms with Crippen LogP contribution in [-0.4, -0.2) is 47.4 Å². The normalized spacial score (nSPS) is 12.8. The maximum atomic E-state index is 12.4. The summed E-state index contributed by atoms with van der Waals surface area (Å²) < 4.78 is 5.44. The lowest BCUT2D eigenvalue weighted by Gasteiger charge is -2.19. The first-order valence-electron chi connectivity index (χ1n) is 29.3. The Hall–Kier alpha value is -1.92. The maximum absolute atomic E-state index is 12.4. The summed E-state index contributed by atoms with van der Waals surface area (Å²) in [6.45, 7) is 4.85. The summed E-state index contributed by atoms with van der Waals surface area (Å²) in [5.41, 5.74) is 0. The second-order valence-electron chi connectivity index (χ2n) is 20.0. The summed E-state index contributed by atoms with van der Waals surface area (Å²) in [4.78, 5) is 24.4. The molecule has 0 rings (SSSR count). The topological polar surface area (TPSA) is 95.9 Å². The van der Waals surface area contributed by atoms with Crippen molar-refractivity contribution >= 4 is 11.9 Å². The number of hydrogen-bond donors (Lipinski definition) is 3. The van der Waals surface area contributed by atoms with Gasteiger partial charge in [0.2, 0.25) is 5.91 Å². The second kappa shape index (κ2) is 55.7. The number of hydrogen-bond acceptors (Lipinski definition) is 5. The molecule has 0 radical (unpaired) electrons. The van der Waals surface area contributed by atoms with E-state index >= 15 is 0 Å². The molecule has 3 N–H and O–H groups in total. The second-order valence-corrected chi connectivity index (χ2v) is 20.0. The summed E-state index contributed by atoms with van der Waals surface area (Å²) in [6.07, 6.45) is 69.0. The minimum Gasteiger partial charge on any atom is -0.466 e. The van der Waals surface area contributed by atoms with Crippen LogP contribution in [0.3, 0.4) is 0 Å². The zero-order valence-corrected chi connectivity index (χ0v) is 44.2. The fourth-order valence-electron chi connectivity index (χ4n) is 8.92. The van der Waals surface area contributed by atoms with Crippen molar-refractivity contribution in [3.63, 3.8) is 0 Å². The van der Waals surface area contributed by atoms with Crippen molar-refractivity contribution in [1.82, 2.24) is 5.32 Å². The van der Waals surface area contributed by atoms with Gasteiger partial charge < -0.3 is 20.3 Å². The predicted molar refractivity (Wildman–Crippen MR) is 287 cm³/mol. The molecule has 0 aromatic heterocycles. The molecular weight excluding hydrogens is 815 g/mol. The summed E-state index contributed by atoms with van der Waals surface area (Å²) in [7, 11) is 0. The van der Waals surface area contributed by atoms with Crippen molar-refractivity contribution in [1.29, 1.82) is 0 Å². The van der Waals surface area contributed by atoms with Gasteiger partial charge in [-0.05, 0) is 51.4 Å². The quantitative estimate of drug-likeness (QED) is 0.0321. The number of carbonyl (C=O) groups excluding carboxylic acids is 2. The summed E-state index contributed by atoms with van der Waals surface area (Å²) in [5.74, 6) is -0.165. The molecule has 0 fully saturated rings. The van der Waals surface area contributed by atoms with Crippen molar-refractivity contribution in [2.75, 3.05) is 13.2 Å². The third kappa shape index (κ3) is 51.5. The van der Waals surface area contributed by atoms with Gasteiger partial charge >= 0.3 is 5.97 Å². The van der Waals surface area contributed by atoms with Gasteiger partial charge in [0.05, 0.1) is 25.4 Å². The molecule has 6 nitrogen and oxygen atoms in total. The third-order valence-corrected chi connectivity index (χ3v) is 13.4. The van der Waals surface area contributed by atoms with E-state index in [9.17, 15) is 19.8 Å². The number of aliphatic hydroxyl groups is 2. The largest absolute Gasteiger partial charge is 0.466 e. The van der Waals surface area contributed by atoms with Gasteiger partial charge in [0.15, 0.2) is 0 Å². The fourth-order valence-corrected chi connectivity index (χ4v) is 8.92. The molecule has 0 aliphatic heterocycles. The van der Waals surface area contributed by atoms with Crippen LogP contribution in [0.5, 0.6) is 0 Å². The van der Waals surface area contributed by atoms with Crippen LogP contribution in [0, 0.1) is 0 Å². The number of allylic oxidation sites excluding steroid dienone is 5. The molecule has 388 valence electrons.